The maximum Gasteiger partial charge on any atom is 0.213 e. The van der Waals surface area contributed by atoms with E-state index in [1.807, 2.05) is 12.3 Å². The second kappa shape index (κ2) is 3.35. The third kappa shape index (κ3) is 1.53. The van der Waals surface area contributed by atoms with Crippen LogP contribution in [-0.4, -0.2) is 24.6 Å². The van der Waals surface area contributed by atoms with Gasteiger partial charge in [-0.25, -0.2) is 19.5 Å². The molecule has 0 N–H and O–H groups in total. The molecule has 3 aromatic heterocycles. The molecule has 0 spiro atoms. The molecular weight excluding hydrogens is 278 g/mol. The van der Waals surface area contributed by atoms with Gasteiger partial charge in [-0.3, -0.25) is 0 Å². The Kier molecular flexibility index (Phi) is 2.00. The zero-order chi connectivity index (χ0) is 10.3. The molecule has 74 valence electrons. The number of halogens is 1. The quantitative estimate of drug-likeness (QED) is 0.685. The van der Waals surface area contributed by atoms with Gasteiger partial charge in [0.1, 0.15) is 12.0 Å². The van der Waals surface area contributed by atoms with Gasteiger partial charge in [0, 0.05) is 6.20 Å². The van der Waals surface area contributed by atoms with Crippen molar-refractivity contribution in [1.29, 1.82) is 0 Å². The third-order valence-electron chi connectivity index (χ3n) is 1.86. The van der Waals surface area contributed by atoms with E-state index in [2.05, 4.69) is 36.0 Å². The average Bonchev–Trinajstić information content (AvgIpc) is 2.76. The highest BCUT2D eigenvalue weighted by Crippen LogP contribution is 2.22. The molecule has 0 unspecified atom stereocenters. The normalized spacial score (nSPS) is 11.0. The number of rotatable bonds is 1. The number of nitrogens with zero attached hydrogens (tertiary/aromatic N) is 5. The van der Waals surface area contributed by atoms with Crippen LogP contribution in [-0.2, 0) is 0 Å². The number of fused-ring (bicyclic) bond motifs is 1. The molecule has 0 amide bonds. The Morgan fingerprint density at radius 1 is 1.33 bits per heavy atom. The molecule has 0 aliphatic carbocycles. The fraction of sp³-hybridized carbons (Fsp3) is 0. The molecule has 0 fully saturated rings. The van der Waals surface area contributed by atoms with Gasteiger partial charge in [-0.2, -0.15) is 0 Å². The summed E-state index contributed by atoms with van der Waals surface area (Å²) in [6.45, 7) is 0. The third-order valence-corrected chi connectivity index (χ3v) is 3.22. The average molecular weight is 282 g/mol. The summed E-state index contributed by atoms with van der Waals surface area (Å²) < 4.78 is 2.55. The van der Waals surface area contributed by atoms with E-state index in [0.29, 0.717) is 0 Å². The summed E-state index contributed by atoms with van der Waals surface area (Å²) in [5, 5.41) is 4.21. The SMILES string of the molecule is Brc1nn2cc(-c3ccncn3)nc2s1. The minimum Gasteiger partial charge on any atom is -0.245 e. The predicted octanol–water partition coefficient (Wildman–Crippen LogP) is 2.01. The molecule has 0 radical (unpaired) electrons. The first kappa shape index (κ1) is 8.93. The lowest BCUT2D eigenvalue weighted by Gasteiger charge is -1.90. The predicted molar refractivity (Wildman–Crippen MR) is 59.6 cm³/mol. The van der Waals surface area contributed by atoms with Crippen molar-refractivity contribution < 1.29 is 0 Å². The number of hydrogen-bond acceptors (Lipinski definition) is 5. The molecule has 15 heavy (non-hydrogen) atoms. The Morgan fingerprint density at radius 3 is 3.00 bits per heavy atom. The maximum absolute atomic E-state index is 4.40. The summed E-state index contributed by atoms with van der Waals surface area (Å²) in [5.74, 6) is 0. The zero-order valence-electron chi connectivity index (χ0n) is 7.33. The molecule has 0 saturated heterocycles. The Bertz CT molecular complexity index is 570. The van der Waals surface area contributed by atoms with Crippen molar-refractivity contribution in [2.75, 3.05) is 0 Å². The number of hydrogen-bond donors (Lipinski definition) is 0. The van der Waals surface area contributed by atoms with Crippen molar-refractivity contribution in [3.05, 3.63) is 28.7 Å². The lowest BCUT2D eigenvalue weighted by molar-refractivity contribution is 0.959. The first-order valence-electron chi connectivity index (χ1n) is 4.11. The van der Waals surface area contributed by atoms with Gasteiger partial charge >= 0.3 is 0 Å². The van der Waals surface area contributed by atoms with Gasteiger partial charge in [0.15, 0.2) is 3.92 Å². The molecule has 3 heterocycles. The summed E-state index contributed by atoms with van der Waals surface area (Å²) in [5.41, 5.74) is 1.61. The summed E-state index contributed by atoms with van der Waals surface area (Å²) in [6, 6.07) is 1.82. The zero-order valence-corrected chi connectivity index (χ0v) is 9.73. The first-order chi connectivity index (χ1) is 7.33. The first-order valence-corrected chi connectivity index (χ1v) is 5.72. The van der Waals surface area contributed by atoms with E-state index in [1.54, 1.807) is 10.7 Å². The molecule has 3 aromatic rings. The smallest absolute Gasteiger partial charge is 0.213 e. The van der Waals surface area contributed by atoms with Gasteiger partial charge in [-0.15, -0.1) is 5.10 Å². The molecule has 0 aliphatic heterocycles. The largest absolute Gasteiger partial charge is 0.245 e. The van der Waals surface area contributed by atoms with Gasteiger partial charge in [-0.1, -0.05) is 11.3 Å². The van der Waals surface area contributed by atoms with Crippen molar-refractivity contribution >= 4 is 32.2 Å². The molecule has 0 aliphatic rings. The van der Waals surface area contributed by atoms with Crippen molar-refractivity contribution in [3.63, 3.8) is 0 Å². The van der Waals surface area contributed by atoms with E-state index < -0.39 is 0 Å². The van der Waals surface area contributed by atoms with Crippen LogP contribution in [0.1, 0.15) is 0 Å². The minimum atomic E-state index is 0.804. The molecule has 0 aromatic carbocycles. The molecule has 5 nitrogen and oxygen atoms in total. The van der Waals surface area contributed by atoms with E-state index in [0.717, 1.165) is 20.3 Å². The second-order valence-corrected chi connectivity index (χ2v) is 5.03. The van der Waals surface area contributed by atoms with Crippen LogP contribution < -0.4 is 0 Å². The van der Waals surface area contributed by atoms with E-state index >= 15 is 0 Å². The fourth-order valence-corrected chi connectivity index (χ4v) is 2.46. The van der Waals surface area contributed by atoms with Crippen LogP contribution in [0.5, 0.6) is 0 Å². The lowest BCUT2D eigenvalue weighted by Crippen LogP contribution is -1.83. The second-order valence-electron chi connectivity index (χ2n) is 2.80. The lowest BCUT2D eigenvalue weighted by atomic mass is 10.3. The van der Waals surface area contributed by atoms with E-state index in [9.17, 15) is 0 Å². The van der Waals surface area contributed by atoms with Crippen LogP contribution in [0.15, 0.2) is 28.7 Å². The van der Waals surface area contributed by atoms with Crippen LogP contribution in [0.25, 0.3) is 16.3 Å². The van der Waals surface area contributed by atoms with Crippen molar-refractivity contribution in [2.45, 2.75) is 0 Å². The highest BCUT2D eigenvalue weighted by Gasteiger charge is 2.08. The maximum atomic E-state index is 4.40. The highest BCUT2D eigenvalue weighted by atomic mass is 79.9. The van der Waals surface area contributed by atoms with E-state index in [1.165, 1.54) is 17.7 Å². The Labute approximate surface area is 97.0 Å². The minimum absolute atomic E-state index is 0.804. The summed E-state index contributed by atoms with van der Waals surface area (Å²) in [4.78, 5) is 13.2. The van der Waals surface area contributed by atoms with Crippen molar-refractivity contribution in [1.82, 2.24) is 24.6 Å². The summed E-state index contributed by atoms with van der Waals surface area (Å²) >= 11 is 4.79. The van der Waals surface area contributed by atoms with Crippen LogP contribution >= 0.6 is 27.3 Å². The van der Waals surface area contributed by atoms with Crippen molar-refractivity contribution in [3.8, 4) is 11.4 Å². The highest BCUT2D eigenvalue weighted by molar-refractivity contribution is 9.11. The molecule has 3 rings (SSSR count). The van der Waals surface area contributed by atoms with Crippen LogP contribution in [0.2, 0.25) is 0 Å². The Hall–Kier alpha value is -1.34. The van der Waals surface area contributed by atoms with E-state index in [4.69, 9.17) is 0 Å². The fourth-order valence-electron chi connectivity index (χ4n) is 1.24. The Balaban J connectivity index is 2.16. The van der Waals surface area contributed by atoms with Gasteiger partial charge in [-0.05, 0) is 22.0 Å². The summed E-state index contributed by atoms with van der Waals surface area (Å²) in [6.07, 6.45) is 5.05. The monoisotopic (exact) mass is 281 g/mol. The van der Waals surface area contributed by atoms with Gasteiger partial charge in [0.2, 0.25) is 4.96 Å². The molecular formula is C8H4BrN5S. The van der Waals surface area contributed by atoms with Gasteiger partial charge < -0.3 is 0 Å². The van der Waals surface area contributed by atoms with Crippen LogP contribution in [0.4, 0.5) is 0 Å². The molecule has 0 atom stereocenters. The topological polar surface area (TPSA) is 56.0 Å². The van der Waals surface area contributed by atoms with Crippen molar-refractivity contribution in [2.24, 2.45) is 0 Å². The van der Waals surface area contributed by atoms with E-state index in [-0.39, 0.29) is 0 Å². The molecule has 0 bridgehead atoms. The standard InChI is InChI=1S/C8H4BrN5S/c9-7-13-14-3-6(12-8(14)15-7)5-1-2-10-4-11-5/h1-4H. The molecule has 7 heteroatoms. The van der Waals surface area contributed by atoms with Crippen LogP contribution in [0.3, 0.4) is 0 Å². The van der Waals surface area contributed by atoms with Crippen LogP contribution in [0, 0.1) is 0 Å². The summed E-state index contributed by atoms with van der Waals surface area (Å²) in [7, 11) is 0. The van der Waals surface area contributed by atoms with Gasteiger partial charge in [0.05, 0.1) is 11.9 Å². The molecule has 0 saturated carbocycles. The Morgan fingerprint density at radius 2 is 2.27 bits per heavy atom. The number of imidazole rings is 1. The number of aromatic nitrogens is 5. The van der Waals surface area contributed by atoms with Gasteiger partial charge in [0.25, 0.3) is 0 Å².